The molecule has 0 aliphatic heterocycles. The number of aromatic carboxylic acids is 1. The predicted molar refractivity (Wildman–Crippen MR) is 68.6 cm³/mol. The molecule has 0 bridgehead atoms. The molecule has 0 saturated heterocycles. The Morgan fingerprint density at radius 3 is 2.63 bits per heavy atom. The van der Waals surface area contributed by atoms with Gasteiger partial charge in [-0.1, -0.05) is 0 Å². The van der Waals surface area contributed by atoms with Gasteiger partial charge in [-0.3, -0.25) is 10.1 Å². The van der Waals surface area contributed by atoms with Crippen LogP contribution in [0.2, 0.25) is 0 Å². The maximum Gasteiger partial charge on any atom is 0.346 e. The summed E-state index contributed by atoms with van der Waals surface area (Å²) in [5, 5.41) is 14.8. The zero-order valence-electron chi connectivity index (χ0n) is 10.4. The van der Waals surface area contributed by atoms with Crippen molar-refractivity contribution in [2.75, 3.05) is 6.61 Å². The summed E-state index contributed by atoms with van der Waals surface area (Å²) in [5.74, 6) is -1.39. The minimum absolute atomic E-state index is 0.0799. The van der Waals surface area contributed by atoms with Crippen LogP contribution in [0.5, 0.6) is 5.75 Å². The van der Waals surface area contributed by atoms with Crippen LogP contribution in [0.3, 0.4) is 0 Å². The molecule has 0 radical (unpaired) electrons. The molecule has 104 valence electrons. The average Bonchev–Trinajstić information content (AvgIpc) is 2.73. The van der Waals surface area contributed by atoms with Crippen LogP contribution < -0.4 is 15.4 Å². The van der Waals surface area contributed by atoms with Crippen LogP contribution in [-0.2, 0) is 4.79 Å². The van der Waals surface area contributed by atoms with E-state index in [0.717, 1.165) is 11.3 Å². The first-order valence-corrected chi connectivity index (χ1v) is 6.31. The highest BCUT2D eigenvalue weighted by Gasteiger charge is 2.11. The molecular formula is C11H14N2O5S. The molecule has 3 N–H and O–H groups in total. The first-order valence-electron chi connectivity index (χ1n) is 5.43. The molecule has 0 spiro atoms. The number of amides is 3. The van der Waals surface area contributed by atoms with Crippen molar-refractivity contribution in [2.24, 2.45) is 0 Å². The minimum atomic E-state index is -1.05. The second kappa shape index (κ2) is 6.74. The molecule has 0 atom stereocenters. The fourth-order valence-electron chi connectivity index (χ4n) is 1.12. The van der Waals surface area contributed by atoms with E-state index in [-0.39, 0.29) is 23.3 Å². The molecule has 1 heterocycles. The first-order chi connectivity index (χ1) is 8.88. The standard InChI is InChI=1S/C11H14N2O5S/c1-6(2)12-11(17)13-9(14)4-18-7-3-8(10(15)16)19-5-7/h3,5-6H,4H2,1-2H3,(H,15,16)(H2,12,13,14,17). The summed E-state index contributed by atoms with van der Waals surface area (Å²) in [5.41, 5.74) is 0. The predicted octanol–water partition coefficient (Wildman–Crippen LogP) is 1.06. The Morgan fingerprint density at radius 2 is 2.11 bits per heavy atom. The minimum Gasteiger partial charge on any atom is -0.483 e. The molecular weight excluding hydrogens is 272 g/mol. The highest BCUT2D eigenvalue weighted by Crippen LogP contribution is 2.21. The topological polar surface area (TPSA) is 105 Å². The maximum absolute atomic E-state index is 11.3. The van der Waals surface area contributed by atoms with E-state index in [1.165, 1.54) is 11.4 Å². The normalized spacial score (nSPS) is 10.1. The second-order valence-electron chi connectivity index (χ2n) is 3.92. The lowest BCUT2D eigenvalue weighted by Crippen LogP contribution is -2.44. The number of hydrogen-bond acceptors (Lipinski definition) is 5. The Bertz CT molecular complexity index is 483. The number of carboxylic acid groups (broad SMARTS) is 1. The van der Waals surface area contributed by atoms with E-state index in [1.54, 1.807) is 13.8 Å². The van der Waals surface area contributed by atoms with Crippen molar-refractivity contribution < 1.29 is 24.2 Å². The van der Waals surface area contributed by atoms with Gasteiger partial charge in [-0.15, -0.1) is 11.3 Å². The molecule has 0 fully saturated rings. The smallest absolute Gasteiger partial charge is 0.346 e. The van der Waals surface area contributed by atoms with Crippen LogP contribution in [0.15, 0.2) is 11.4 Å². The molecule has 7 nitrogen and oxygen atoms in total. The lowest BCUT2D eigenvalue weighted by Gasteiger charge is -2.09. The Kier molecular flexibility index (Phi) is 5.31. The monoisotopic (exact) mass is 286 g/mol. The van der Waals surface area contributed by atoms with Crippen LogP contribution in [0, 0.1) is 0 Å². The van der Waals surface area contributed by atoms with Gasteiger partial charge in [-0.05, 0) is 13.8 Å². The zero-order valence-corrected chi connectivity index (χ0v) is 11.2. The molecule has 1 rings (SSSR count). The lowest BCUT2D eigenvalue weighted by molar-refractivity contribution is -0.122. The highest BCUT2D eigenvalue weighted by molar-refractivity contribution is 7.12. The first kappa shape index (κ1) is 15.0. The summed E-state index contributed by atoms with van der Waals surface area (Å²) < 4.78 is 5.06. The molecule has 0 aromatic carbocycles. The van der Waals surface area contributed by atoms with Crippen molar-refractivity contribution in [3.05, 3.63) is 16.3 Å². The zero-order chi connectivity index (χ0) is 14.4. The van der Waals surface area contributed by atoms with Crippen molar-refractivity contribution in [3.63, 3.8) is 0 Å². The summed E-state index contributed by atoms with van der Waals surface area (Å²) >= 11 is 0.996. The van der Waals surface area contributed by atoms with Gasteiger partial charge in [0.1, 0.15) is 10.6 Å². The Morgan fingerprint density at radius 1 is 1.42 bits per heavy atom. The third-order valence-corrected chi connectivity index (χ3v) is 2.73. The van der Waals surface area contributed by atoms with Crippen LogP contribution >= 0.6 is 11.3 Å². The SMILES string of the molecule is CC(C)NC(=O)NC(=O)COc1csc(C(=O)O)c1. The third kappa shape index (κ3) is 5.38. The Labute approximate surface area is 113 Å². The van der Waals surface area contributed by atoms with Gasteiger partial charge < -0.3 is 15.2 Å². The number of ether oxygens (including phenoxy) is 1. The van der Waals surface area contributed by atoms with Crippen molar-refractivity contribution in [1.82, 2.24) is 10.6 Å². The number of urea groups is 1. The maximum atomic E-state index is 11.3. The van der Waals surface area contributed by atoms with Crippen LogP contribution in [-0.4, -0.2) is 35.7 Å². The summed E-state index contributed by atoms with van der Waals surface area (Å²) in [6.45, 7) is 3.17. The van der Waals surface area contributed by atoms with Crippen molar-refractivity contribution in [3.8, 4) is 5.75 Å². The molecule has 0 aliphatic carbocycles. The average molecular weight is 286 g/mol. The number of hydrogen-bond donors (Lipinski definition) is 3. The van der Waals surface area contributed by atoms with E-state index < -0.39 is 17.9 Å². The Hall–Kier alpha value is -2.09. The van der Waals surface area contributed by atoms with E-state index in [4.69, 9.17) is 9.84 Å². The molecule has 0 saturated carbocycles. The van der Waals surface area contributed by atoms with E-state index in [0.29, 0.717) is 0 Å². The summed E-state index contributed by atoms with van der Waals surface area (Å²) in [7, 11) is 0. The summed E-state index contributed by atoms with van der Waals surface area (Å²) in [6.07, 6.45) is 0. The highest BCUT2D eigenvalue weighted by atomic mass is 32.1. The van der Waals surface area contributed by atoms with Crippen LogP contribution in [0.1, 0.15) is 23.5 Å². The fourth-order valence-corrected chi connectivity index (χ4v) is 1.78. The lowest BCUT2D eigenvalue weighted by atomic mass is 10.4. The molecule has 0 aliphatic rings. The van der Waals surface area contributed by atoms with Gasteiger partial charge in [0.2, 0.25) is 0 Å². The molecule has 3 amide bonds. The quantitative estimate of drug-likeness (QED) is 0.750. The molecule has 8 heteroatoms. The van der Waals surface area contributed by atoms with Gasteiger partial charge >= 0.3 is 12.0 Å². The van der Waals surface area contributed by atoms with Gasteiger partial charge in [-0.25, -0.2) is 9.59 Å². The largest absolute Gasteiger partial charge is 0.483 e. The van der Waals surface area contributed by atoms with E-state index in [2.05, 4.69) is 10.6 Å². The molecule has 19 heavy (non-hydrogen) atoms. The van der Waals surface area contributed by atoms with Crippen molar-refractivity contribution >= 4 is 29.2 Å². The van der Waals surface area contributed by atoms with Gasteiger partial charge in [0.15, 0.2) is 6.61 Å². The number of rotatable bonds is 5. The van der Waals surface area contributed by atoms with Gasteiger partial charge in [0, 0.05) is 17.5 Å². The number of carbonyl (C=O) groups excluding carboxylic acids is 2. The van der Waals surface area contributed by atoms with Crippen molar-refractivity contribution in [1.29, 1.82) is 0 Å². The van der Waals surface area contributed by atoms with E-state index in [9.17, 15) is 14.4 Å². The number of nitrogens with one attached hydrogen (secondary N) is 2. The second-order valence-corrected chi connectivity index (χ2v) is 4.83. The van der Waals surface area contributed by atoms with Gasteiger partial charge in [-0.2, -0.15) is 0 Å². The number of carbonyl (C=O) groups is 3. The van der Waals surface area contributed by atoms with Gasteiger partial charge in [0.25, 0.3) is 5.91 Å². The molecule has 0 unspecified atom stereocenters. The van der Waals surface area contributed by atoms with Gasteiger partial charge in [0.05, 0.1) is 0 Å². The van der Waals surface area contributed by atoms with E-state index >= 15 is 0 Å². The Balaban J connectivity index is 2.37. The third-order valence-electron chi connectivity index (χ3n) is 1.83. The number of carboxylic acids is 1. The number of imide groups is 1. The summed E-state index contributed by atoms with van der Waals surface area (Å²) in [6, 6.07) is 0.637. The molecule has 1 aromatic rings. The van der Waals surface area contributed by atoms with E-state index in [1.807, 2.05) is 0 Å². The summed E-state index contributed by atoms with van der Waals surface area (Å²) in [4.78, 5) is 33.3. The van der Waals surface area contributed by atoms with Crippen LogP contribution in [0.4, 0.5) is 4.79 Å². The molecule has 1 aromatic heterocycles. The van der Waals surface area contributed by atoms with Crippen LogP contribution in [0.25, 0.3) is 0 Å². The fraction of sp³-hybridized carbons (Fsp3) is 0.364. The van der Waals surface area contributed by atoms with Crippen molar-refractivity contribution in [2.45, 2.75) is 19.9 Å². The number of thiophene rings is 1.